The summed E-state index contributed by atoms with van der Waals surface area (Å²) >= 11 is 5.80. The molecular weight excluding hydrogens is 314 g/mol. The van der Waals surface area contributed by atoms with Gasteiger partial charge >= 0.3 is 0 Å². The van der Waals surface area contributed by atoms with Crippen LogP contribution in [0, 0.1) is 6.92 Å². The van der Waals surface area contributed by atoms with E-state index < -0.39 is 10.0 Å². The fraction of sp³-hybridized carbons (Fsp3) is 0.154. The van der Waals surface area contributed by atoms with E-state index in [1.165, 1.54) is 6.07 Å². The molecule has 2 rings (SSSR count). The summed E-state index contributed by atoms with van der Waals surface area (Å²) in [5.41, 5.74) is 6.65. The molecule has 21 heavy (non-hydrogen) atoms. The molecular formula is C13H14ClN3O3S. The fourth-order valence-corrected chi connectivity index (χ4v) is 2.99. The van der Waals surface area contributed by atoms with E-state index in [9.17, 15) is 8.42 Å². The van der Waals surface area contributed by atoms with Crippen LogP contribution in [0.25, 0.3) is 0 Å². The quantitative estimate of drug-likeness (QED) is 0.899. The van der Waals surface area contributed by atoms with E-state index in [4.69, 9.17) is 22.1 Å². The summed E-state index contributed by atoms with van der Waals surface area (Å²) < 4.78 is 32.1. The minimum absolute atomic E-state index is 0.0584. The third kappa shape index (κ3) is 3.37. The van der Waals surface area contributed by atoms with Crippen LogP contribution in [0.15, 0.2) is 35.4 Å². The molecule has 0 saturated heterocycles. The van der Waals surface area contributed by atoms with Crippen LogP contribution in [0.3, 0.4) is 0 Å². The van der Waals surface area contributed by atoms with Crippen molar-refractivity contribution in [3.63, 3.8) is 0 Å². The zero-order valence-electron chi connectivity index (χ0n) is 11.4. The second-order valence-corrected chi connectivity index (χ2v) is 6.41. The Morgan fingerprint density at radius 1 is 1.33 bits per heavy atom. The van der Waals surface area contributed by atoms with E-state index in [2.05, 4.69) is 9.71 Å². The Bertz CT molecular complexity index is 778. The van der Waals surface area contributed by atoms with Crippen molar-refractivity contribution in [2.45, 2.75) is 11.8 Å². The summed E-state index contributed by atoms with van der Waals surface area (Å²) in [5.74, 6) is 0.726. The van der Waals surface area contributed by atoms with Gasteiger partial charge in [0.1, 0.15) is 16.5 Å². The van der Waals surface area contributed by atoms with Crippen LogP contribution in [0.2, 0.25) is 5.02 Å². The van der Waals surface area contributed by atoms with Crippen LogP contribution in [-0.4, -0.2) is 20.5 Å². The van der Waals surface area contributed by atoms with Crippen molar-refractivity contribution in [3.8, 4) is 5.75 Å². The van der Waals surface area contributed by atoms with Crippen LogP contribution in [0.1, 0.15) is 5.56 Å². The lowest BCUT2D eigenvalue weighted by Gasteiger charge is -2.12. The third-order valence-corrected chi connectivity index (χ3v) is 4.47. The molecule has 0 unspecified atom stereocenters. The highest BCUT2D eigenvalue weighted by molar-refractivity contribution is 7.92. The average molecular weight is 328 g/mol. The predicted molar refractivity (Wildman–Crippen MR) is 82.2 cm³/mol. The molecule has 0 bridgehead atoms. The number of nitrogens with one attached hydrogen (secondary N) is 1. The number of methoxy groups -OCH3 is 1. The van der Waals surface area contributed by atoms with Gasteiger partial charge in [0.2, 0.25) is 0 Å². The standard InChI is InChI=1S/C13H14ClN3O3S/c1-8-5-9(20-2)3-4-12(8)17-21(18,19)10-6-11(14)13(15)16-7-10/h3-7,17H,1-2H3,(H2,15,16). The first kappa shape index (κ1) is 15.4. The summed E-state index contributed by atoms with van der Waals surface area (Å²) in [6.07, 6.45) is 1.16. The number of rotatable bonds is 4. The number of aromatic nitrogens is 1. The first-order valence-corrected chi connectivity index (χ1v) is 7.78. The second kappa shape index (κ2) is 5.79. The highest BCUT2D eigenvalue weighted by Crippen LogP contribution is 2.25. The molecule has 8 heteroatoms. The number of sulfonamides is 1. The van der Waals surface area contributed by atoms with Crippen molar-refractivity contribution in [3.05, 3.63) is 41.0 Å². The fourth-order valence-electron chi connectivity index (χ4n) is 1.66. The largest absolute Gasteiger partial charge is 0.497 e. The van der Waals surface area contributed by atoms with Gasteiger partial charge in [-0.1, -0.05) is 11.6 Å². The lowest BCUT2D eigenvalue weighted by atomic mass is 10.2. The molecule has 6 nitrogen and oxygen atoms in total. The lowest BCUT2D eigenvalue weighted by Crippen LogP contribution is -2.14. The second-order valence-electron chi connectivity index (χ2n) is 4.32. The first-order chi connectivity index (χ1) is 9.83. The molecule has 1 aromatic heterocycles. The number of ether oxygens (including phenoxy) is 1. The Kier molecular flexibility index (Phi) is 4.24. The third-order valence-electron chi connectivity index (χ3n) is 2.83. The zero-order chi connectivity index (χ0) is 15.6. The Balaban J connectivity index is 2.35. The number of nitrogen functional groups attached to an aromatic ring is 1. The minimum Gasteiger partial charge on any atom is -0.497 e. The molecule has 2 aromatic rings. The molecule has 0 fully saturated rings. The molecule has 0 aliphatic carbocycles. The number of anilines is 2. The molecule has 0 aliphatic rings. The van der Waals surface area contributed by atoms with Gasteiger partial charge in [0.15, 0.2) is 0 Å². The monoisotopic (exact) mass is 327 g/mol. The normalized spacial score (nSPS) is 11.2. The molecule has 1 aromatic carbocycles. The number of halogens is 1. The van der Waals surface area contributed by atoms with Crippen molar-refractivity contribution in [1.82, 2.24) is 4.98 Å². The van der Waals surface area contributed by atoms with Gasteiger partial charge in [0.25, 0.3) is 10.0 Å². The van der Waals surface area contributed by atoms with E-state index >= 15 is 0 Å². The predicted octanol–water partition coefficient (Wildman–Crippen LogP) is 2.44. The van der Waals surface area contributed by atoms with Gasteiger partial charge in [-0.2, -0.15) is 0 Å². The maximum absolute atomic E-state index is 12.3. The van der Waals surface area contributed by atoms with E-state index in [1.54, 1.807) is 32.2 Å². The average Bonchev–Trinajstić information content (AvgIpc) is 2.43. The summed E-state index contributed by atoms with van der Waals surface area (Å²) in [5, 5.41) is 0.0873. The van der Waals surface area contributed by atoms with E-state index in [1.807, 2.05) is 0 Å². The van der Waals surface area contributed by atoms with Crippen LogP contribution < -0.4 is 15.2 Å². The van der Waals surface area contributed by atoms with Gasteiger partial charge in [0.05, 0.1) is 17.8 Å². The van der Waals surface area contributed by atoms with Crippen molar-refractivity contribution < 1.29 is 13.2 Å². The van der Waals surface area contributed by atoms with Crippen molar-refractivity contribution in [1.29, 1.82) is 0 Å². The van der Waals surface area contributed by atoms with E-state index in [-0.39, 0.29) is 15.7 Å². The molecule has 112 valence electrons. The van der Waals surface area contributed by atoms with E-state index in [0.29, 0.717) is 11.4 Å². The molecule has 0 atom stereocenters. The molecule has 1 heterocycles. The Morgan fingerprint density at radius 2 is 2.05 bits per heavy atom. The molecule has 0 aliphatic heterocycles. The van der Waals surface area contributed by atoms with Crippen LogP contribution in [0.5, 0.6) is 5.75 Å². The highest BCUT2D eigenvalue weighted by Gasteiger charge is 2.17. The van der Waals surface area contributed by atoms with Crippen molar-refractivity contribution in [2.75, 3.05) is 17.6 Å². The topological polar surface area (TPSA) is 94.3 Å². The first-order valence-electron chi connectivity index (χ1n) is 5.92. The summed E-state index contributed by atoms with van der Waals surface area (Å²) in [6.45, 7) is 1.77. The lowest BCUT2D eigenvalue weighted by molar-refractivity contribution is 0.414. The molecule has 0 radical (unpaired) electrons. The van der Waals surface area contributed by atoms with Crippen LogP contribution in [-0.2, 0) is 10.0 Å². The molecule has 3 N–H and O–H groups in total. The SMILES string of the molecule is COc1ccc(NS(=O)(=O)c2cnc(N)c(Cl)c2)c(C)c1. The Labute approximate surface area is 128 Å². The summed E-state index contributed by atoms with van der Waals surface area (Å²) in [4.78, 5) is 3.68. The van der Waals surface area contributed by atoms with Crippen LogP contribution >= 0.6 is 11.6 Å². The Hall–Kier alpha value is -1.99. The maximum Gasteiger partial charge on any atom is 0.263 e. The van der Waals surface area contributed by atoms with Crippen molar-refractivity contribution in [2.24, 2.45) is 0 Å². The number of nitrogens with zero attached hydrogens (tertiary/aromatic N) is 1. The van der Waals surface area contributed by atoms with Crippen LogP contribution in [0.4, 0.5) is 11.5 Å². The molecule has 0 spiro atoms. The Morgan fingerprint density at radius 3 is 2.62 bits per heavy atom. The summed E-state index contributed by atoms with van der Waals surface area (Å²) in [6, 6.07) is 6.27. The summed E-state index contributed by atoms with van der Waals surface area (Å²) in [7, 11) is -2.25. The van der Waals surface area contributed by atoms with Gasteiger partial charge in [-0.05, 0) is 36.8 Å². The highest BCUT2D eigenvalue weighted by atomic mass is 35.5. The minimum atomic E-state index is -3.79. The van der Waals surface area contributed by atoms with Gasteiger partial charge in [-0.15, -0.1) is 0 Å². The van der Waals surface area contributed by atoms with Gasteiger partial charge in [-0.25, -0.2) is 13.4 Å². The molecule has 0 saturated carbocycles. The smallest absolute Gasteiger partial charge is 0.263 e. The number of benzene rings is 1. The van der Waals surface area contributed by atoms with E-state index in [0.717, 1.165) is 11.8 Å². The van der Waals surface area contributed by atoms with Gasteiger partial charge < -0.3 is 10.5 Å². The zero-order valence-corrected chi connectivity index (χ0v) is 13.0. The number of hydrogen-bond acceptors (Lipinski definition) is 5. The maximum atomic E-state index is 12.3. The number of aryl methyl sites for hydroxylation is 1. The van der Waals surface area contributed by atoms with Crippen molar-refractivity contribution >= 4 is 33.1 Å². The van der Waals surface area contributed by atoms with Gasteiger partial charge in [-0.3, -0.25) is 4.72 Å². The van der Waals surface area contributed by atoms with Gasteiger partial charge in [0, 0.05) is 6.20 Å². The number of pyridine rings is 1. The number of hydrogen-bond donors (Lipinski definition) is 2. The molecule has 0 amide bonds. The number of nitrogens with two attached hydrogens (primary N) is 1.